The van der Waals surface area contributed by atoms with Crippen molar-refractivity contribution < 1.29 is 9.53 Å². The average molecular weight is 314 g/mol. The maximum Gasteiger partial charge on any atom is 0.171 e. The van der Waals surface area contributed by atoms with Crippen molar-refractivity contribution in [2.75, 3.05) is 38.3 Å². The monoisotopic (exact) mass is 314 g/mol. The lowest BCUT2D eigenvalue weighted by molar-refractivity contribution is -0.117. The highest BCUT2D eigenvalue weighted by molar-refractivity contribution is 5.94. The Balaban J connectivity index is 1.81. The van der Waals surface area contributed by atoms with E-state index < -0.39 is 0 Å². The predicted octanol–water partition coefficient (Wildman–Crippen LogP) is 2.59. The van der Waals surface area contributed by atoms with E-state index in [1.807, 2.05) is 19.2 Å². The van der Waals surface area contributed by atoms with Crippen LogP contribution in [0.5, 0.6) is 0 Å². The van der Waals surface area contributed by atoms with Crippen molar-refractivity contribution in [3.8, 4) is 0 Å². The Bertz CT molecular complexity index is 636. The first-order valence-corrected chi connectivity index (χ1v) is 8.31. The van der Waals surface area contributed by atoms with Crippen molar-refractivity contribution in [2.45, 2.75) is 32.2 Å². The van der Waals surface area contributed by atoms with Gasteiger partial charge in [-0.05, 0) is 18.6 Å². The van der Waals surface area contributed by atoms with Crippen LogP contribution in [0, 0.1) is 0 Å². The second-order valence-electron chi connectivity index (χ2n) is 7.09. The minimum absolute atomic E-state index is 0.141. The summed E-state index contributed by atoms with van der Waals surface area (Å²) in [5.41, 5.74) is 3.40. The molecule has 2 heterocycles. The number of hydrogen-bond donors (Lipinski definition) is 0. The zero-order valence-corrected chi connectivity index (χ0v) is 14.5. The molecule has 23 heavy (non-hydrogen) atoms. The molecule has 1 fully saturated rings. The van der Waals surface area contributed by atoms with Crippen LogP contribution in [-0.4, -0.2) is 50.1 Å². The number of benzene rings is 1. The summed E-state index contributed by atoms with van der Waals surface area (Å²) in [5, 5.41) is 0. The summed E-state index contributed by atoms with van der Waals surface area (Å²) < 4.78 is 5.44. The largest absolute Gasteiger partial charge is 0.379 e. The lowest BCUT2D eigenvalue weighted by Crippen LogP contribution is -2.45. The van der Waals surface area contributed by atoms with E-state index in [0.717, 1.165) is 12.2 Å². The van der Waals surface area contributed by atoms with Crippen LogP contribution < -0.4 is 4.90 Å². The summed E-state index contributed by atoms with van der Waals surface area (Å²) in [6.45, 7) is 9.20. The van der Waals surface area contributed by atoms with Gasteiger partial charge in [0.2, 0.25) is 0 Å². The molecule has 0 amide bonds. The van der Waals surface area contributed by atoms with E-state index in [2.05, 4.69) is 48.8 Å². The molecule has 0 N–H and O–H groups in total. The number of carbonyl (C=O) groups is 1. The highest BCUT2D eigenvalue weighted by Crippen LogP contribution is 2.46. The first-order valence-electron chi connectivity index (χ1n) is 8.31. The lowest BCUT2D eigenvalue weighted by Gasteiger charge is -2.32. The molecule has 2 aliphatic rings. The average Bonchev–Trinajstić information content (AvgIpc) is 2.71. The molecule has 0 radical (unpaired) electrons. The minimum Gasteiger partial charge on any atom is -0.379 e. The first kappa shape index (κ1) is 16.2. The van der Waals surface area contributed by atoms with Gasteiger partial charge in [0.25, 0.3) is 0 Å². The highest BCUT2D eigenvalue weighted by atomic mass is 16.5. The van der Waals surface area contributed by atoms with Gasteiger partial charge in [0.05, 0.1) is 19.8 Å². The second kappa shape index (κ2) is 6.10. The summed E-state index contributed by atoms with van der Waals surface area (Å²) in [5.74, 6) is 0.168. The number of allylic oxidation sites excluding steroid dienone is 1. The summed E-state index contributed by atoms with van der Waals surface area (Å²) >= 11 is 0. The quantitative estimate of drug-likeness (QED) is 0.803. The van der Waals surface area contributed by atoms with Gasteiger partial charge in [-0.2, -0.15) is 0 Å². The number of ketones is 1. The Hall–Kier alpha value is -1.65. The van der Waals surface area contributed by atoms with Gasteiger partial charge >= 0.3 is 0 Å². The van der Waals surface area contributed by atoms with Crippen molar-refractivity contribution in [3.05, 3.63) is 41.6 Å². The molecule has 3 rings (SSSR count). The molecule has 1 aromatic rings. The number of carbonyl (C=O) groups excluding carboxylic acids is 1. The third-order valence-electron chi connectivity index (χ3n) is 5.10. The highest BCUT2D eigenvalue weighted by Gasteiger charge is 2.38. The molecule has 1 atom stereocenters. The van der Waals surface area contributed by atoms with Crippen LogP contribution in [0.15, 0.2) is 36.0 Å². The van der Waals surface area contributed by atoms with Crippen LogP contribution in [0.3, 0.4) is 0 Å². The number of hydrogen-bond acceptors (Lipinski definition) is 4. The topological polar surface area (TPSA) is 32.8 Å². The Morgan fingerprint density at radius 3 is 2.83 bits per heavy atom. The smallest absolute Gasteiger partial charge is 0.171 e. The summed E-state index contributed by atoms with van der Waals surface area (Å²) in [6, 6.07) is 8.69. The van der Waals surface area contributed by atoms with Crippen molar-refractivity contribution in [2.24, 2.45) is 0 Å². The van der Waals surface area contributed by atoms with Gasteiger partial charge in [-0.3, -0.25) is 9.69 Å². The Labute approximate surface area is 138 Å². The van der Waals surface area contributed by atoms with Crippen LogP contribution in [0.4, 0.5) is 5.69 Å². The van der Waals surface area contributed by atoms with Crippen molar-refractivity contribution in [3.63, 3.8) is 0 Å². The van der Waals surface area contributed by atoms with Gasteiger partial charge in [-0.25, -0.2) is 0 Å². The molecule has 2 aliphatic heterocycles. The third-order valence-corrected chi connectivity index (χ3v) is 5.10. The number of nitrogens with zero attached hydrogens (tertiary/aromatic N) is 2. The first-order chi connectivity index (χ1) is 10.9. The predicted molar refractivity (Wildman–Crippen MR) is 92.8 cm³/mol. The summed E-state index contributed by atoms with van der Waals surface area (Å²) in [6.07, 6.45) is 1.84. The molecule has 124 valence electrons. The van der Waals surface area contributed by atoms with Gasteiger partial charge in [-0.15, -0.1) is 0 Å². The van der Waals surface area contributed by atoms with E-state index in [4.69, 9.17) is 4.74 Å². The van der Waals surface area contributed by atoms with E-state index in [1.54, 1.807) is 0 Å². The fourth-order valence-electron chi connectivity index (χ4n) is 3.65. The Kier molecular flexibility index (Phi) is 4.30. The number of ether oxygens (including phenoxy) is 1. The fourth-order valence-corrected chi connectivity index (χ4v) is 3.65. The number of anilines is 1. The minimum atomic E-state index is -0.141. The van der Waals surface area contributed by atoms with E-state index >= 15 is 0 Å². The van der Waals surface area contributed by atoms with Gasteiger partial charge in [0.1, 0.15) is 0 Å². The maximum atomic E-state index is 12.6. The molecule has 1 aromatic carbocycles. The molecule has 0 aromatic heterocycles. The number of fused-ring (bicyclic) bond motifs is 1. The molecule has 1 unspecified atom stereocenters. The number of para-hydroxylation sites is 1. The van der Waals surface area contributed by atoms with Crippen LogP contribution in [-0.2, 0) is 14.9 Å². The number of likely N-dealkylation sites (N-methyl/N-ethyl adjacent to an activating group) is 1. The number of rotatable bonds is 3. The van der Waals surface area contributed by atoms with Crippen LogP contribution >= 0.6 is 0 Å². The zero-order valence-electron chi connectivity index (χ0n) is 14.5. The SMILES string of the molecule is CC1COCCN1CC(=O)/C=C1\N(C)c2ccccc2C1(C)C. The Morgan fingerprint density at radius 2 is 2.13 bits per heavy atom. The van der Waals surface area contributed by atoms with E-state index in [1.165, 1.54) is 11.3 Å². The Morgan fingerprint density at radius 1 is 1.39 bits per heavy atom. The third kappa shape index (κ3) is 2.93. The van der Waals surface area contributed by atoms with Gasteiger partial charge < -0.3 is 9.64 Å². The fraction of sp³-hybridized carbons (Fsp3) is 0.526. The molecule has 0 bridgehead atoms. The molecular formula is C19H26N2O2. The summed E-state index contributed by atoms with van der Waals surface area (Å²) in [7, 11) is 2.05. The van der Waals surface area contributed by atoms with Crippen LogP contribution in [0.25, 0.3) is 0 Å². The standard InChI is InChI=1S/C19H26N2O2/c1-14-13-23-10-9-21(14)12-15(22)11-18-19(2,3)16-7-5-6-8-17(16)20(18)4/h5-8,11,14H,9-10,12-13H2,1-4H3/b18-11-. The lowest BCUT2D eigenvalue weighted by atomic mass is 9.83. The molecule has 0 saturated carbocycles. The van der Waals surface area contributed by atoms with Gasteiger partial charge in [-0.1, -0.05) is 32.0 Å². The number of morpholine rings is 1. The van der Waals surface area contributed by atoms with E-state index in [9.17, 15) is 4.79 Å². The molecule has 4 nitrogen and oxygen atoms in total. The van der Waals surface area contributed by atoms with E-state index in [-0.39, 0.29) is 11.2 Å². The summed E-state index contributed by atoms with van der Waals surface area (Å²) in [4.78, 5) is 17.0. The van der Waals surface area contributed by atoms with Gasteiger partial charge in [0.15, 0.2) is 5.78 Å². The molecule has 1 saturated heterocycles. The van der Waals surface area contributed by atoms with Crippen molar-refractivity contribution in [1.82, 2.24) is 4.90 Å². The van der Waals surface area contributed by atoms with Crippen LogP contribution in [0.1, 0.15) is 26.3 Å². The zero-order chi connectivity index (χ0) is 16.6. The molecule has 4 heteroatoms. The molecule has 0 aliphatic carbocycles. The van der Waals surface area contributed by atoms with Crippen LogP contribution in [0.2, 0.25) is 0 Å². The van der Waals surface area contributed by atoms with E-state index in [0.29, 0.717) is 25.8 Å². The maximum absolute atomic E-state index is 12.6. The van der Waals surface area contributed by atoms with Crippen molar-refractivity contribution >= 4 is 11.5 Å². The second-order valence-corrected chi connectivity index (χ2v) is 7.09. The van der Waals surface area contributed by atoms with Crippen molar-refractivity contribution in [1.29, 1.82) is 0 Å². The van der Waals surface area contributed by atoms with Gasteiger partial charge in [0, 0.05) is 42.5 Å². The molecular weight excluding hydrogens is 288 g/mol. The normalized spacial score (nSPS) is 25.7. The molecule has 0 spiro atoms.